The third kappa shape index (κ3) is 2.38. The number of halogens is 1. The van der Waals surface area contributed by atoms with Crippen LogP contribution < -0.4 is 0 Å². The van der Waals surface area contributed by atoms with Gasteiger partial charge in [0.2, 0.25) is 0 Å². The van der Waals surface area contributed by atoms with Crippen LogP contribution in [-0.2, 0) is 11.2 Å². The number of hydrogen-bond acceptors (Lipinski definition) is 3. The molecule has 1 aliphatic rings. The lowest BCUT2D eigenvalue weighted by atomic mass is 10.1. The summed E-state index contributed by atoms with van der Waals surface area (Å²) in [6.07, 6.45) is 7.81. The Kier molecular flexibility index (Phi) is 2.91. The van der Waals surface area contributed by atoms with Gasteiger partial charge in [-0.1, -0.05) is 15.9 Å². The normalized spacial score (nSPS) is 17.8. The topological polar surface area (TPSA) is 42.9 Å². The van der Waals surface area contributed by atoms with Crippen LogP contribution in [0.25, 0.3) is 0 Å². The maximum absolute atomic E-state index is 11.6. The Morgan fingerprint density at radius 2 is 2.14 bits per heavy atom. The van der Waals surface area contributed by atoms with Crippen LogP contribution in [0.3, 0.4) is 0 Å². The van der Waals surface area contributed by atoms with E-state index >= 15 is 0 Å². The van der Waals surface area contributed by atoms with Crippen molar-refractivity contribution in [2.75, 3.05) is 0 Å². The average Bonchev–Trinajstić information content (AvgIpc) is 3.01. The fraction of sp³-hybridized carbons (Fsp3) is 0.500. The second kappa shape index (κ2) is 4.17. The maximum Gasteiger partial charge on any atom is 0.149 e. The molecule has 2 rings (SSSR count). The molecule has 3 nitrogen and oxygen atoms in total. The number of nitrogens with zero attached hydrogens (tertiary/aromatic N) is 2. The van der Waals surface area contributed by atoms with Crippen molar-refractivity contribution in [3.63, 3.8) is 0 Å². The van der Waals surface area contributed by atoms with E-state index in [9.17, 15) is 4.79 Å². The number of carbonyl (C=O) groups is 1. The molecule has 1 unspecified atom stereocenters. The second-order valence-electron chi connectivity index (χ2n) is 3.60. The summed E-state index contributed by atoms with van der Waals surface area (Å²) in [5.74, 6) is 0.637. The van der Waals surface area contributed by atoms with Crippen LogP contribution in [0.2, 0.25) is 0 Å². The third-order valence-electron chi connectivity index (χ3n) is 2.32. The third-order valence-corrected chi connectivity index (χ3v) is 3.09. The van der Waals surface area contributed by atoms with Crippen molar-refractivity contribution in [2.45, 2.75) is 24.1 Å². The van der Waals surface area contributed by atoms with Crippen molar-refractivity contribution in [3.8, 4) is 0 Å². The van der Waals surface area contributed by atoms with Crippen LogP contribution in [0, 0.1) is 5.92 Å². The smallest absolute Gasteiger partial charge is 0.149 e. The van der Waals surface area contributed by atoms with Gasteiger partial charge in [-0.2, -0.15) is 0 Å². The van der Waals surface area contributed by atoms with Crippen molar-refractivity contribution in [3.05, 3.63) is 24.3 Å². The van der Waals surface area contributed by atoms with Crippen molar-refractivity contribution in [2.24, 2.45) is 5.92 Å². The van der Waals surface area contributed by atoms with Crippen LogP contribution >= 0.6 is 15.9 Å². The van der Waals surface area contributed by atoms with E-state index in [4.69, 9.17) is 0 Å². The molecule has 0 amide bonds. The standard InChI is InChI=1S/C10H11BrN2O/c11-9(10(14)8-1-2-8)3-7-4-12-6-13-5-7/h4-6,8-9H,1-3H2. The van der Waals surface area contributed by atoms with Gasteiger partial charge in [-0.05, 0) is 24.8 Å². The van der Waals surface area contributed by atoms with Gasteiger partial charge in [-0.3, -0.25) is 4.79 Å². The minimum atomic E-state index is -0.0685. The van der Waals surface area contributed by atoms with Crippen LogP contribution in [-0.4, -0.2) is 20.6 Å². The maximum atomic E-state index is 11.6. The summed E-state index contributed by atoms with van der Waals surface area (Å²) in [7, 11) is 0. The molecule has 1 atom stereocenters. The van der Waals surface area contributed by atoms with Gasteiger partial charge in [-0.25, -0.2) is 9.97 Å². The highest BCUT2D eigenvalue weighted by atomic mass is 79.9. The summed E-state index contributed by atoms with van der Waals surface area (Å²) < 4.78 is 0. The van der Waals surface area contributed by atoms with E-state index in [1.807, 2.05) is 0 Å². The first-order valence-electron chi connectivity index (χ1n) is 4.69. The quantitative estimate of drug-likeness (QED) is 0.770. The monoisotopic (exact) mass is 254 g/mol. The number of aromatic nitrogens is 2. The molecular weight excluding hydrogens is 244 g/mol. The summed E-state index contributed by atoms with van der Waals surface area (Å²) >= 11 is 3.42. The molecule has 0 N–H and O–H groups in total. The molecule has 74 valence electrons. The molecule has 1 aromatic heterocycles. The summed E-state index contributed by atoms with van der Waals surface area (Å²) in [5.41, 5.74) is 1.00. The Hall–Kier alpha value is -0.770. The lowest BCUT2D eigenvalue weighted by Crippen LogP contribution is -2.18. The second-order valence-corrected chi connectivity index (χ2v) is 4.70. The van der Waals surface area contributed by atoms with Gasteiger partial charge in [0, 0.05) is 18.3 Å². The van der Waals surface area contributed by atoms with Crippen molar-refractivity contribution < 1.29 is 4.79 Å². The first kappa shape index (κ1) is 9.77. The Balaban J connectivity index is 1.93. The number of ketones is 1. The summed E-state index contributed by atoms with van der Waals surface area (Å²) in [4.78, 5) is 19.4. The van der Waals surface area contributed by atoms with Gasteiger partial charge < -0.3 is 0 Å². The molecule has 0 bridgehead atoms. The Bertz CT molecular complexity index is 324. The summed E-state index contributed by atoms with van der Waals surface area (Å²) in [6.45, 7) is 0. The molecule has 4 heteroatoms. The molecule has 1 heterocycles. The number of alkyl halides is 1. The molecule has 0 aliphatic heterocycles. The van der Waals surface area contributed by atoms with E-state index < -0.39 is 0 Å². The Labute approximate surface area is 91.1 Å². The van der Waals surface area contributed by atoms with Gasteiger partial charge in [0.15, 0.2) is 0 Å². The first-order chi connectivity index (χ1) is 6.77. The van der Waals surface area contributed by atoms with E-state index in [0.29, 0.717) is 18.1 Å². The molecule has 1 aromatic rings. The first-order valence-corrected chi connectivity index (χ1v) is 5.60. The van der Waals surface area contributed by atoms with Crippen LogP contribution in [0.1, 0.15) is 18.4 Å². The number of Topliss-reactive ketones (excluding diaryl/α,β-unsaturated/α-hetero) is 1. The van der Waals surface area contributed by atoms with Gasteiger partial charge in [0.1, 0.15) is 12.1 Å². The van der Waals surface area contributed by atoms with Crippen molar-refractivity contribution in [1.82, 2.24) is 9.97 Å². The molecular formula is C10H11BrN2O. The summed E-state index contributed by atoms with van der Waals surface area (Å²) in [6, 6.07) is 0. The average molecular weight is 255 g/mol. The number of carbonyl (C=O) groups excluding carboxylic acids is 1. The highest BCUT2D eigenvalue weighted by Crippen LogP contribution is 2.33. The SMILES string of the molecule is O=C(C(Br)Cc1cncnc1)C1CC1. The highest BCUT2D eigenvalue weighted by molar-refractivity contribution is 9.10. The predicted molar refractivity (Wildman–Crippen MR) is 56.2 cm³/mol. The minimum absolute atomic E-state index is 0.0685. The van der Waals surface area contributed by atoms with E-state index in [1.165, 1.54) is 6.33 Å². The summed E-state index contributed by atoms with van der Waals surface area (Å²) in [5, 5.41) is 0. The number of hydrogen-bond donors (Lipinski definition) is 0. The predicted octanol–water partition coefficient (Wildman–Crippen LogP) is 1.76. The van der Waals surface area contributed by atoms with Crippen LogP contribution in [0.5, 0.6) is 0 Å². The van der Waals surface area contributed by atoms with Gasteiger partial charge in [-0.15, -0.1) is 0 Å². The minimum Gasteiger partial charge on any atom is -0.298 e. The van der Waals surface area contributed by atoms with Crippen molar-refractivity contribution >= 4 is 21.7 Å². The van der Waals surface area contributed by atoms with E-state index in [1.54, 1.807) is 12.4 Å². The van der Waals surface area contributed by atoms with Crippen molar-refractivity contribution in [1.29, 1.82) is 0 Å². The molecule has 0 radical (unpaired) electrons. The molecule has 14 heavy (non-hydrogen) atoms. The fourth-order valence-electron chi connectivity index (χ4n) is 1.37. The van der Waals surface area contributed by atoms with Crippen LogP contribution in [0.15, 0.2) is 18.7 Å². The zero-order chi connectivity index (χ0) is 9.97. The molecule has 1 saturated carbocycles. The molecule has 0 spiro atoms. The largest absolute Gasteiger partial charge is 0.298 e. The highest BCUT2D eigenvalue weighted by Gasteiger charge is 2.33. The Morgan fingerprint density at radius 1 is 1.50 bits per heavy atom. The number of rotatable bonds is 4. The Morgan fingerprint density at radius 3 is 2.71 bits per heavy atom. The fourth-order valence-corrected chi connectivity index (χ4v) is 2.11. The van der Waals surface area contributed by atoms with Crippen LogP contribution in [0.4, 0.5) is 0 Å². The van der Waals surface area contributed by atoms with E-state index in [0.717, 1.165) is 18.4 Å². The van der Waals surface area contributed by atoms with Gasteiger partial charge >= 0.3 is 0 Å². The van der Waals surface area contributed by atoms with Gasteiger partial charge in [0.05, 0.1) is 4.83 Å². The lowest BCUT2D eigenvalue weighted by molar-refractivity contribution is -0.119. The zero-order valence-electron chi connectivity index (χ0n) is 7.69. The molecule has 0 saturated heterocycles. The molecule has 1 fully saturated rings. The lowest BCUT2D eigenvalue weighted by Gasteiger charge is -2.06. The van der Waals surface area contributed by atoms with E-state index in [2.05, 4.69) is 25.9 Å². The zero-order valence-corrected chi connectivity index (χ0v) is 9.27. The molecule has 0 aromatic carbocycles. The molecule has 1 aliphatic carbocycles. The van der Waals surface area contributed by atoms with Gasteiger partial charge in [0.25, 0.3) is 0 Å². The van der Waals surface area contributed by atoms with E-state index in [-0.39, 0.29) is 4.83 Å².